The van der Waals surface area contributed by atoms with E-state index in [1.807, 2.05) is 0 Å². The Kier molecular flexibility index (Phi) is 4.26. The number of halogens is 1. The zero-order valence-electron chi connectivity index (χ0n) is 14.0. The van der Waals surface area contributed by atoms with Gasteiger partial charge in [-0.2, -0.15) is 5.10 Å². The van der Waals surface area contributed by atoms with Crippen LogP contribution < -0.4 is 0 Å². The Balaban J connectivity index is 1.87. The van der Waals surface area contributed by atoms with Gasteiger partial charge in [0.05, 0.1) is 18.4 Å². The van der Waals surface area contributed by atoms with E-state index in [4.69, 9.17) is 4.52 Å². The summed E-state index contributed by atoms with van der Waals surface area (Å²) in [6.45, 7) is 3.80. The fourth-order valence-electron chi connectivity index (χ4n) is 2.50. The second-order valence-electron chi connectivity index (χ2n) is 5.72. The first kappa shape index (κ1) is 16.7. The summed E-state index contributed by atoms with van der Waals surface area (Å²) in [5, 5.41) is 17.9. The first-order valence-corrected chi connectivity index (χ1v) is 7.59. The van der Waals surface area contributed by atoms with Gasteiger partial charge < -0.3 is 14.5 Å². The fraction of sp³-hybridized carbons (Fsp3) is 0.235. The van der Waals surface area contributed by atoms with E-state index in [2.05, 4.69) is 10.3 Å². The highest BCUT2D eigenvalue weighted by Gasteiger charge is 2.23. The summed E-state index contributed by atoms with van der Waals surface area (Å²) < 4.78 is 20.1. The Morgan fingerprint density at radius 2 is 2.08 bits per heavy atom. The number of carbonyl (C=O) groups excluding carboxylic acids is 1. The monoisotopic (exact) mass is 344 g/mol. The van der Waals surface area contributed by atoms with Crippen molar-refractivity contribution in [2.75, 3.05) is 7.05 Å². The van der Waals surface area contributed by atoms with Crippen LogP contribution in [0.15, 0.2) is 35.0 Å². The standard InChI is InChI=1S/C17H17FN4O3/c1-10-12(11(2)25-20-10)8-21(3)17(24)16-15(23)9-22(19-16)14-7-5-4-6-13(14)18/h4-7,9,23H,8H2,1-3H3. The molecule has 8 heteroatoms. The topological polar surface area (TPSA) is 84.4 Å². The van der Waals surface area contributed by atoms with Crippen LogP contribution in [0.1, 0.15) is 27.5 Å². The molecule has 2 aromatic heterocycles. The first-order valence-electron chi connectivity index (χ1n) is 7.59. The van der Waals surface area contributed by atoms with E-state index < -0.39 is 11.7 Å². The molecule has 0 aliphatic rings. The molecule has 0 fully saturated rings. The molecule has 1 amide bonds. The van der Waals surface area contributed by atoms with Gasteiger partial charge in [-0.25, -0.2) is 9.07 Å². The Morgan fingerprint density at radius 3 is 2.72 bits per heavy atom. The average molecular weight is 344 g/mol. The minimum atomic E-state index is -0.506. The number of amides is 1. The summed E-state index contributed by atoms with van der Waals surface area (Å²) in [4.78, 5) is 14.0. The van der Waals surface area contributed by atoms with Gasteiger partial charge in [0.1, 0.15) is 17.3 Å². The van der Waals surface area contributed by atoms with Gasteiger partial charge in [0.25, 0.3) is 5.91 Å². The van der Waals surface area contributed by atoms with E-state index in [0.29, 0.717) is 11.5 Å². The maximum Gasteiger partial charge on any atom is 0.278 e. The second-order valence-corrected chi connectivity index (χ2v) is 5.72. The molecule has 0 radical (unpaired) electrons. The zero-order chi connectivity index (χ0) is 18.1. The van der Waals surface area contributed by atoms with E-state index in [9.17, 15) is 14.3 Å². The van der Waals surface area contributed by atoms with Crippen molar-refractivity contribution in [3.63, 3.8) is 0 Å². The zero-order valence-corrected chi connectivity index (χ0v) is 14.0. The number of nitrogens with zero attached hydrogens (tertiary/aromatic N) is 4. The third kappa shape index (κ3) is 3.10. The maximum absolute atomic E-state index is 13.9. The van der Waals surface area contributed by atoms with Gasteiger partial charge in [-0.15, -0.1) is 0 Å². The number of aryl methyl sites for hydroxylation is 2. The van der Waals surface area contributed by atoms with E-state index in [1.165, 1.54) is 23.2 Å². The van der Waals surface area contributed by atoms with E-state index in [-0.39, 0.29) is 23.7 Å². The predicted molar refractivity (Wildman–Crippen MR) is 87.0 cm³/mol. The molecule has 0 aliphatic carbocycles. The summed E-state index contributed by atoms with van der Waals surface area (Å²) in [6.07, 6.45) is 1.20. The Morgan fingerprint density at radius 1 is 1.36 bits per heavy atom. The largest absolute Gasteiger partial charge is 0.504 e. The molecule has 0 saturated carbocycles. The molecule has 130 valence electrons. The lowest BCUT2D eigenvalue weighted by Crippen LogP contribution is -2.27. The smallest absolute Gasteiger partial charge is 0.278 e. The van der Waals surface area contributed by atoms with Gasteiger partial charge >= 0.3 is 0 Å². The molecule has 0 aliphatic heterocycles. The van der Waals surface area contributed by atoms with Crippen molar-refractivity contribution < 1.29 is 18.8 Å². The van der Waals surface area contributed by atoms with Crippen molar-refractivity contribution >= 4 is 5.91 Å². The van der Waals surface area contributed by atoms with Gasteiger partial charge in [0.2, 0.25) is 0 Å². The number of hydrogen-bond donors (Lipinski definition) is 1. The van der Waals surface area contributed by atoms with Gasteiger partial charge in [0.15, 0.2) is 11.4 Å². The lowest BCUT2D eigenvalue weighted by atomic mass is 10.2. The molecule has 7 nitrogen and oxygen atoms in total. The molecule has 0 saturated heterocycles. The molecule has 25 heavy (non-hydrogen) atoms. The molecule has 0 atom stereocenters. The van der Waals surface area contributed by atoms with Crippen molar-refractivity contribution in [3.8, 4) is 11.4 Å². The number of benzene rings is 1. The number of aromatic nitrogens is 3. The van der Waals surface area contributed by atoms with Crippen LogP contribution in [0.25, 0.3) is 5.69 Å². The van der Waals surface area contributed by atoms with Gasteiger partial charge in [0, 0.05) is 12.6 Å². The van der Waals surface area contributed by atoms with Crippen LogP contribution in [0, 0.1) is 19.7 Å². The number of rotatable bonds is 4. The summed E-state index contributed by atoms with van der Waals surface area (Å²) >= 11 is 0. The quantitative estimate of drug-likeness (QED) is 0.786. The molecule has 3 rings (SSSR count). The van der Waals surface area contributed by atoms with Crippen LogP contribution in [0.2, 0.25) is 0 Å². The normalized spacial score (nSPS) is 10.9. The third-order valence-electron chi connectivity index (χ3n) is 3.92. The van der Waals surface area contributed by atoms with Crippen molar-refractivity contribution in [2.24, 2.45) is 0 Å². The Labute approximate surface area is 143 Å². The van der Waals surface area contributed by atoms with Crippen molar-refractivity contribution in [3.05, 3.63) is 59.0 Å². The van der Waals surface area contributed by atoms with Crippen molar-refractivity contribution in [1.82, 2.24) is 19.8 Å². The second kappa shape index (κ2) is 6.39. The molecule has 2 heterocycles. The van der Waals surface area contributed by atoms with Crippen LogP contribution in [0.3, 0.4) is 0 Å². The van der Waals surface area contributed by atoms with Gasteiger partial charge in [-0.3, -0.25) is 4.79 Å². The van der Waals surface area contributed by atoms with Gasteiger partial charge in [-0.1, -0.05) is 17.3 Å². The Hall–Kier alpha value is -3.16. The van der Waals surface area contributed by atoms with Crippen LogP contribution in [0.5, 0.6) is 5.75 Å². The van der Waals surface area contributed by atoms with Crippen LogP contribution in [0.4, 0.5) is 4.39 Å². The van der Waals surface area contributed by atoms with Crippen molar-refractivity contribution in [1.29, 1.82) is 0 Å². The fourth-order valence-corrected chi connectivity index (χ4v) is 2.50. The van der Waals surface area contributed by atoms with Crippen molar-refractivity contribution in [2.45, 2.75) is 20.4 Å². The van der Waals surface area contributed by atoms with E-state index in [1.54, 1.807) is 33.0 Å². The number of hydrogen-bond acceptors (Lipinski definition) is 5. The summed E-state index contributed by atoms with van der Waals surface area (Å²) in [5.74, 6) is -0.696. The molecule has 0 spiro atoms. The number of para-hydroxylation sites is 1. The minimum absolute atomic E-state index is 0.144. The maximum atomic E-state index is 13.9. The minimum Gasteiger partial charge on any atom is -0.504 e. The highest BCUT2D eigenvalue weighted by Crippen LogP contribution is 2.22. The molecular weight excluding hydrogens is 327 g/mol. The SMILES string of the molecule is Cc1noc(C)c1CN(C)C(=O)c1nn(-c2ccccc2F)cc1O. The lowest BCUT2D eigenvalue weighted by molar-refractivity contribution is 0.0775. The molecule has 1 N–H and O–H groups in total. The van der Waals surface area contributed by atoms with Gasteiger partial charge in [-0.05, 0) is 26.0 Å². The van der Waals surface area contributed by atoms with Crippen LogP contribution in [-0.2, 0) is 6.54 Å². The van der Waals surface area contributed by atoms with E-state index in [0.717, 1.165) is 10.2 Å². The summed E-state index contributed by atoms with van der Waals surface area (Å²) in [5.41, 5.74) is 1.48. The summed E-state index contributed by atoms with van der Waals surface area (Å²) in [6, 6.07) is 5.97. The Bertz CT molecular complexity index is 912. The average Bonchev–Trinajstić information content (AvgIpc) is 3.11. The summed E-state index contributed by atoms with van der Waals surface area (Å²) in [7, 11) is 1.58. The molecule has 0 bridgehead atoms. The highest BCUT2D eigenvalue weighted by atomic mass is 19.1. The molecule has 1 aromatic carbocycles. The molecule has 0 unspecified atom stereocenters. The third-order valence-corrected chi connectivity index (χ3v) is 3.92. The molecule has 3 aromatic rings. The molecular formula is C17H17FN4O3. The highest BCUT2D eigenvalue weighted by molar-refractivity contribution is 5.94. The predicted octanol–water partition coefficient (Wildman–Crippen LogP) is 2.59. The first-order chi connectivity index (χ1) is 11.9. The van der Waals surface area contributed by atoms with E-state index >= 15 is 0 Å². The van der Waals surface area contributed by atoms with Crippen LogP contribution >= 0.6 is 0 Å². The number of carbonyl (C=O) groups is 1. The number of aromatic hydroxyl groups is 1. The van der Waals surface area contributed by atoms with Crippen LogP contribution in [-0.4, -0.2) is 37.9 Å². The lowest BCUT2D eigenvalue weighted by Gasteiger charge is -2.15.